The Morgan fingerprint density at radius 3 is 2.71 bits per heavy atom. The lowest BCUT2D eigenvalue weighted by Gasteiger charge is -2.14. The third kappa shape index (κ3) is 2.40. The van der Waals surface area contributed by atoms with Crippen molar-refractivity contribution in [2.45, 2.75) is 6.04 Å². The molecule has 1 heterocycles. The first kappa shape index (κ1) is 11.9. The lowest BCUT2D eigenvalue weighted by atomic mass is 10.0. The summed E-state index contributed by atoms with van der Waals surface area (Å²) in [5.41, 5.74) is 9.67. The molecule has 0 saturated heterocycles. The Morgan fingerprint density at radius 2 is 2.12 bits per heavy atom. The van der Waals surface area contributed by atoms with E-state index in [9.17, 15) is 0 Å². The van der Waals surface area contributed by atoms with Gasteiger partial charge in [0.2, 0.25) is 0 Å². The highest BCUT2D eigenvalue weighted by molar-refractivity contribution is 7.07. The largest absolute Gasteiger partial charge is 0.497 e. The maximum absolute atomic E-state index is 6.15. The number of nitrogens with zero attached hydrogens (tertiary/aromatic N) is 1. The molecule has 2 aromatic rings. The van der Waals surface area contributed by atoms with Crippen LogP contribution in [0.3, 0.4) is 0 Å². The van der Waals surface area contributed by atoms with Gasteiger partial charge in [-0.3, -0.25) is 0 Å². The van der Waals surface area contributed by atoms with Crippen LogP contribution in [0.5, 0.6) is 11.5 Å². The van der Waals surface area contributed by atoms with Crippen LogP contribution in [-0.4, -0.2) is 19.2 Å². The van der Waals surface area contributed by atoms with Gasteiger partial charge < -0.3 is 15.2 Å². The summed E-state index contributed by atoms with van der Waals surface area (Å²) in [5, 5.41) is 1.94. The highest BCUT2D eigenvalue weighted by Crippen LogP contribution is 2.31. The fourth-order valence-corrected chi connectivity index (χ4v) is 2.20. The zero-order chi connectivity index (χ0) is 12.3. The summed E-state index contributed by atoms with van der Waals surface area (Å²) in [6, 6.07) is 5.31. The van der Waals surface area contributed by atoms with E-state index < -0.39 is 0 Å². The van der Waals surface area contributed by atoms with E-state index in [2.05, 4.69) is 4.98 Å². The van der Waals surface area contributed by atoms with E-state index in [1.807, 2.05) is 23.6 Å². The minimum absolute atomic E-state index is 0.276. The van der Waals surface area contributed by atoms with Crippen molar-refractivity contribution in [3.8, 4) is 11.5 Å². The number of thiazole rings is 1. The van der Waals surface area contributed by atoms with Crippen LogP contribution in [0.25, 0.3) is 0 Å². The molecule has 0 aliphatic rings. The molecule has 0 spiro atoms. The summed E-state index contributed by atoms with van der Waals surface area (Å²) >= 11 is 1.53. The van der Waals surface area contributed by atoms with E-state index in [0.29, 0.717) is 5.75 Å². The van der Waals surface area contributed by atoms with Crippen molar-refractivity contribution in [3.05, 3.63) is 40.3 Å². The van der Waals surface area contributed by atoms with Crippen molar-refractivity contribution < 1.29 is 9.47 Å². The van der Waals surface area contributed by atoms with Gasteiger partial charge in [-0.15, -0.1) is 11.3 Å². The van der Waals surface area contributed by atoms with Crippen LogP contribution in [0.4, 0.5) is 0 Å². The van der Waals surface area contributed by atoms with E-state index in [1.165, 1.54) is 11.3 Å². The average molecular weight is 250 g/mol. The molecule has 0 saturated carbocycles. The molecule has 0 fully saturated rings. The summed E-state index contributed by atoms with van der Waals surface area (Å²) in [6.45, 7) is 0. The van der Waals surface area contributed by atoms with Crippen molar-refractivity contribution in [1.82, 2.24) is 4.98 Å². The van der Waals surface area contributed by atoms with Gasteiger partial charge in [-0.1, -0.05) is 0 Å². The van der Waals surface area contributed by atoms with E-state index in [4.69, 9.17) is 15.2 Å². The zero-order valence-corrected chi connectivity index (χ0v) is 10.5. The van der Waals surface area contributed by atoms with Crippen molar-refractivity contribution in [1.29, 1.82) is 0 Å². The Bertz CT molecular complexity index is 485. The molecular formula is C12H14N2O2S. The van der Waals surface area contributed by atoms with Crippen molar-refractivity contribution >= 4 is 11.3 Å². The minimum atomic E-state index is -0.276. The van der Waals surface area contributed by atoms with E-state index in [-0.39, 0.29) is 6.04 Å². The molecule has 90 valence electrons. The normalized spacial score (nSPS) is 12.2. The van der Waals surface area contributed by atoms with Gasteiger partial charge in [0.15, 0.2) is 0 Å². The molecule has 1 atom stereocenters. The van der Waals surface area contributed by atoms with E-state index in [1.54, 1.807) is 19.7 Å². The third-order valence-corrected chi connectivity index (χ3v) is 3.15. The van der Waals surface area contributed by atoms with Crippen LogP contribution in [-0.2, 0) is 0 Å². The molecule has 0 bridgehead atoms. The predicted octanol–water partition coefficient (Wildman–Crippen LogP) is 2.21. The summed E-state index contributed by atoms with van der Waals surface area (Å²) in [6.07, 6.45) is 0. The highest BCUT2D eigenvalue weighted by atomic mass is 32.1. The number of methoxy groups -OCH3 is 2. The van der Waals surface area contributed by atoms with Crippen LogP contribution in [0, 0.1) is 0 Å². The molecule has 1 aromatic carbocycles. The Morgan fingerprint density at radius 1 is 1.29 bits per heavy atom. The number of hydrogen-bond acceptors (Lipinski definition) is 5. The molecule has 2 N–H and O–H groups in total. The predicted molar refractivity (Wildman–Crippen MR) is 67.7 cm³/mol. The SMILES string of the molecule is COc1ccc(C(N)c2cscn2)c(OC)c1. The Hall–Kier alpha value is -1.59. The number of benzene rings is 1. The Kier molecular flexibility index (Phi) is 3.61. The van der Waals surface area contributed by atoms with E-state index in [0.717, 1.165) is 17.0 Å². The highest BCUT2D eigenvalue weighted by Gasteiger charge is 2.16. The Labute approximate surface area is 104 Å². The fraction of sp³-hybridized carbons (Fsp3) is 0.250. The molecule has 2 rings (SSSR count). The Balaban J connectivity index is 2.38. The summed E-state index contributed by atoms with van der Waals surface area (Å²) in [5.74, 6) is 1.46. The molecule has 1 aromatic heterocycles. The monoisotopic (exact) mass is 250 g/mol. The lowest BCUT2D eigenvalue weighted by molar-refractivity contribution is 0.389. The van der Waals surface area contributed by atoms with E-state index >= 15 is 0 Å². The molecule has 0 aliphatic heterocycles. The number of ether oxygens (including phenoxy) is 2. The summed E-state index contributed by atoms with van der Waals surface area (Å²) in [4.78, 5) is 4.22. The quantitative estimate of drug-likeness (QED) is 0.903. The third-order valence-electron chi connectivity index (χ3n) is 2.55. The molecule has 4 nitrogen and oxygen atoms in total. The van der Waals surface area contributed by atoms with Crippen molar-refractivity contribution in [3.63, 3.8) is 0 Å². The molecular weight excluding hydrogens is 236 g/mol. The van der Waals surface area contributed by atoms with Crippen molar-refractivity contribution in [2.75, 3.05) is 14.2 Å². The molecule has 1 unspecified atom stereocenters. The van der Waals surface area contributed by atoms with Gasteiger partial charge in [-0.2, -0.15) is 0 Å². The first-order chi connectivity index (χ1) is 8.26. The molecule has 0 aliphatic carbocycles. The first-order valence-electron chi connectivity index (χ1n) is 5.12. The average Bonchev–Trinajstić information content (AvgIpc) is 2.91. The number of rotatable bonds is 4. The molecule has 5 heteroatoms. The second-order valence-corrected chi connectivity index (χ2v) is 4.22. The van der Waals surface area contributed by atoms with Gasteiger partial charge in [0.05, 0.1) is 31.5 Å². The standard InChI is InChI=1S/C12H14N2O2S/c1-15-8-3-4-9(11(5-8)16-2)12(13)10-6-17-7-14-10/h3-7,12H,13H2,1-2H3. The van der Waals surface area contributed by atoms with Crippen LogP contribution in [0.2, 0.25) is 0 Å². The van der Waals surface area contributed by atoms with Crippen LogP contribution in [0.15, 0.2) is 29.1 Å². The smallest absolute Gasteiger partial charge is 0.127 e. The molecule has 0 radical (unpaired) electrons. The van der Waals surface area contributed by atoms with Crippen LogP contribution in [0.1, 0.15) is 17.3 Å². The van der Waals surface area contributed by atoms with Gasteiger partial charge in [0, 0.05) is 17.0 Å². The summed E-state index contributed by atoms with van der Waals surface area (Å²) in [7, 11) is 3.24. The maximum Gasteiger partial charge on any atom is 0.127 e. The number of nitrogens with two attached hydrogens (primary N) is 1. The second-order valence-electron chi connectivity index (χ2n) is 3.50. The molecule has 0 amide bonds. The second kappa shape index (κ2) is 5.16. The lowest BCUT2D eigenvalue weighted by Crippen LogP contribution is -2.13. The topological polar surface area (TPSA) is 57.4 Å². The maximum atomic E-state index is 6.15. The fourth-order valence-electron chi connectivity index (χ4n) is 1.61. The van der Waals surface area contributed by atoms with Crippen LogP contribution >= 0.6 is 11.3 Å². The first-order valence-corrected chi connectivity index (χ1v) is 6.06. The van der Waals surface area contributed by atoms with Crippen molar-refractivity contribution in [2.24, 2.45) is 5.73 Å². The van der Waals surface area contributed by atoms with Gasteiger partial charge in [-0.25, -0.2) is 4.98 Å². The zero-order valence-electron chi connectivity index (χ0n) is 9.71. The van der Waals surface area contributed by atoms with Gasteiger partial charge >= 0.3 is 0 Å². The summed E-state index contributed by atoms with van der Waals surface area (Å²) < 4.78 is 10.5. The molecule has 17 heavy (non-hydrogen) atoms. The van der Waals surface area contributed by atoms with Gasteiger partial charge in [-0.05, 0) is 12.1 Å². The van der Waals surface area contributed by atoms with Gasteiger partial charge in [0.1, 0.15) is 11.5 Å². The minimum Gasteiger partial charge on any atom is -0.497 e. The number of hydrogen-bond donors (Lipinski definition) is 1. The van der Waals surface area contributed by atoms with Crippen LogP contribution < -0.4 is 15.2 Å². The van der Waals surface area contributed by atoms with Gasteiger partial charge in [0.25, 0.3) is 0 Å². The number of aromatic nitrogens is 1.